The molecule has 4 rings (SSSR count). The second-order valence-corrected chi connectivity index (χ2v) is 8.90. The third-order valence-corrected chi connectivity index (χ3v) is 7.22. The van der Waals surface area contributed by atoms with Gasteiger partial charge in [0, 0.05) is 38.8 Å². The fourth-order valence-corrected chi connectivity index (χ4v) is 5.50. The molecule has 0 aliphatic carbocycles. The summed E-state index contributed by atoms with van der Waals surface area (Å²) in [6.45, 7) is 4.82. The van der Waals surface area contributed by atoms with Crippen LogP contribution in [0.4, 0.5) is 4.79 Å². The first kappa shape index (κ1) is 20.2. The summed E-state index contributed by atoms with van der Waals surface area (Å²) < 4.78 is 0. The molecule has 3 saturated heterocycles. The average molecular weight is 399 g/mol. The highest BCUT2D eigenvalue weighted by atomic mass is 16.2. The second-order valence-electron chi connectivity index (χ2n) is 8.90. The predicted octanol–water partition coefficient (Wildman–Crippen LogP) is 2.35. The Hall–Kier alpha value is -2.08. The van der Waals surface area contributed by atoms with Crippen molar-refractivity contribution in [3.8, 4) is 0 Å². The van der Waals surface area contributed by atoms with Gasteiger partial charge in [0.15, 0.2) is 0 Å². The summed E-state index contributed by atoms with van der Waals surface area (Å²) in [4.78, 5) is 32.6. The van der Waals surface area contributed by atoms with E-state index in [9.17, 15) is 9.59 Å². The van der Waals surface area contributed by atoms with E-state index < -0.39 is 0 Å². The number of hydrogen-bond donors (Lipinski definition) is 1. The number of fused-ring (bicyclic) bond motifs is 1. The van der Waals surface area contributed by atoms with E-state index in [0.717, 1.165) is 64.7 Å². The van der Waals surface area contributed by atoms with Crippen molar-refractivity contribution in [2.75, 3.05) is 46.3 Å². The van der Waals surface area contributed by atoms with E-state index in [1.807, 2.05) is 23.1 Å². The Kier molecular flexibility index (Phi) is 6.09. The van der Waals surface area contributed by atoms with Gasteiger partial charge in [0.05, 0.1) is 5.41 Å². The fourth-order valence-electron chi connectivity index (χ4n) is 5.50. The number of carbonyl (C=O) groups excluding carboxylic acids is 2. The van der Waals surface area contributed by atoms with Gasteiger partial charge in [-0.2, -0.15) is 0 Å². The van der Waals surface area contributed by atoms with Crippen LogP contribution < -0.4 is 5.32 Å². The lowest BCUT2D eigenvalue weighted by Crippen LogP contribution is -2.49. The van der Waals surface area contributed by atoms with E-state index >= 15 is 0 Å². The zero-order valence-electron chi connectivity index (χ0n) is 17.6. The zero-order valence-corrected chi connectivity index (χ0v) is 17.6. The normalized spacial score (nSPS) is 27.6. The van der Waals surface area contributed by atoms with Crippen LogP contribution in [0.25, 0.3) is 0 Å². The summed E-state index contributed by atoms with van der Waals surface area (Å²) in [6, 6.07) is 10.5. The van der Waals surface area contributed by atoms with Crippen molar-refractivity contribution in [2.45, 2.75) is 44.6 Å². The number of urea groups is 1. The zero-order chi connectivity index (χ0) is 20.3. The lowest BCUT2D eigenvalue weighted by Gasteiger charge is -2.37. The third kappa shape index (κ3) is 4.13. The van der Waals surface area contributed by atoms with Crippen LogP contribution in [0.15, 0.2) is 30.3 Å². The van der Waals surface area contributed by atoms with Crippen LogP contribution in [-0.2, 0) is 11.2 Å². The maximum Gasteiger partial charge on any atom is 0.317 e. The topological polar surface area (TPSA) is 55.9 Å². The van der Waals surface area contributed by atoms with Crippen molar-refractivity contribution in [2.24, 2.45) is 5.41 Å². The van der Waals surface area contributed by atoms with Crippen LogP contribution in [-0.4, -0.2) is 79.0 Å². The first-order valence-electron chi connectivity index (χ1n) is 11.2. The highest BCUT2D eigenvalue weighted by Crippen LogP contribution is 2.45. The Labute approximate surface area is 174 Å². The summed E-state index contributed by atoms with van der Waals surface area (Å²) in [5, 5.41) is 3.08. The Morgan fingerprint density at radius 1 is 1.00 bits per heavy atom. The molecule has 0 aromatic heterocycles. The van der Waals surface area contributed by atoms with Gasteiger partial charge in [-0.25, -0.2) is 4.79 Å². The summed E-state index contributed by atoms with van der Waals surface area (Å²) in [7, 11) is 2.14. The minimum absolute atomic E-state index is 0.00679. The number of rotatable bonds is 4. The van der Waals surface area contributed by atoms with Gasteiger partial charge in [-0.05, 0) is 57.7 Å². The lowest BCUT2D eigenvalue weighted by atomic mass is 9.75. The highest BCUT2D eigenvalue weighted by Gasteiger charge is 2.54. The van der Waals surface area contributed by atoms with Gasteiger partial charge in [-0.3, -0.25) is 4.79 Å². The molecule has 3 aliphatic rings. The van der Waals surface area contributed by atoms with Crippen molar-refractivity contribution in [3.63, 3.8) is 0 Å². The molecule has 0 bridgehead atoms. The second kappa shape index (κ2) is 8.74. The number of amides is 3. The molecule has 0 unspecified atom stereocenters. The van der Waals surface area contributed by atoms with Gasteiger partial charge in [0.25, 0.3) is 0 Å². The molecular formula is C23H34N4O2. The van der Waals surface area contributed by atoms with Gasteiger partial charge in [0.2, 0.25) is 5.91 Å². The van der Waals surface area contributed by atoms with Gasteiger partial charge in [0.1, 0.15) is 0 Å². The van der Waals surface area contributed by atoms with E-state index in [1.54, 1.807) is 0 Å². The summed E-state index contributed by atoms with van der Waals surface area (Å²) in [5.41, 5.74) is 0.924. The van der Waals surface area contributed by atoms with Gasteiger partial charge < -0.3 is 20.0 Å². The van der Waals surface area contributed by atoms with Crippen molar-refractivity contribution in [1.82, 2.24) is 20.0 Å². The SMILES string of the molecule is CN1CC[C@]2(C(=O)N3CCCC3)CCN(C(=O)NCCc3ccccc3)CC[C@H]12. The quantitative estimate of drug-likeness (QED) is 0.847. The minimum atomic E-state index is -0.307. The number of nitrogens with zero attached hydrogens (tertiary/aromatic N) is 3. The maximum absolute atomic E-state index is 13.5. The van der Waals surface area contributed by atoms with Crippen LogP contribution in [0.3, 0.4) is 0 Å². The smallest absolute Gasteiger partial charge is 0.317 e. The molecule has 158 valence electrons. The number of benzene rings is 1. The first-order valence-corrected chi connectivity index (χ1v) is 11.2. The molecule has 6 heteroatoms. The molecule has 29 heavy (non-hydrogen) atoms. The van der Waals surface area contributed by atoms with E-state index in [0.29, 0.717) is 19.0 Å². The van der Waals surface area contributed by atoms with Crippen LogP contribution in [0.2, 0.25) is 0 Å². The van der Waals surface area contributed by atoms with E-state index in [4.69, 9.17) is 0 Å². The Morgan fingerprint density at radius 3 is 2.48 bits per heavy atom. The predicted molar refractivity (Wildman–Crippen MR) is 114 cm³/mol. The van der Waals surface area contributed by atoms with Crippen molar-refractivity contribution in [3.05, 3.63) is 35.9 Å². The first-order chi connectivity index (χ1) is 14.1. The largest absolute Gasteiger partial charge is 0.342 e. The molecule has 6 nitrogen and oxygen atoms in total. The van der Waals surface area contributed by atoms with Crippen LogP contribution >= 0.6 is 0 Å². The molecule has 0 spiro atoms. The number of hydrogen-bond acceptors (Lipinski definition) is 3. The Morgan fingerprint density at radius 2 is 1.72 bits per heavy atom. The molecule has 3 aliphatic heterocycles. The van der Waals surface area contributed by atoms with Crippen molar-refractivity contribution in [1.29, 1.82) is 0 Å². The van der Waals surface area contributed by atoms with Gasteiger partial charge >= 0.3 is 6.03 Å². The third-order valence-electron chi connectivity index (χ3n) is 7.22. The van der Waals surface area contributed by atoms with Gasteiger partial charge in [-0.15, -0.1) is 0 Å². The molecule has 2 atom stereocenters. The van der Waals surface area contributed by atoms with Crippen LogP contribution in [0.1, 0.15) is 37.7 Å². The van der Waals surface area contributed by atoms with E-state index in [-0.39, 0.29) is 17.5 Å². The lowest BCUT2D eigenvalue weighted by molar-refractivity contribution is -0.142. The monoisotopic (exact) mass is 398 g/mol. The van der Waals surface area contributed by atoms with E-state index in [2.05, 4.69) is 34.3 Å². The molecular weight excluding hydrogens is 364 g/mol. The molecule has 3 amide bonds. The number of carbonyl (C=O) groups is 2. The summed E-state index contributed by atoms with van der Waals surface area (Å²) >= 11 is 0. The highest BCUT2D eigenvalue weighted by molar-refractivity contribution is 5.84. The molecule has 3 fully saturated rings. The average Bonchev–Trinajstić information content (AvgIpc) is 3.33. The number of likely N-dealkylation sites (tertiary alicyclic amines) is 3. The molecule has 0 radical (unpaired) electrons. The Bertz CT molecular complexity index is 719. The fraction of sp³-hybridized carbons (Fsp3) is 0.652. The Balaban J connectivity index is 1.37. The van der Waals surface area contributed by atoms with Crippen LogP contribution in [0, 0.1) is 5.41 Å². The molecule has 1 aromatic carbocycles. The van der Waals surface area contributed by atoms with Crippen molar-refractivity contribution < 1.29 is 9.59 Å². The van der Waals surface area contributed by atoms with Gasteiger partial charge in [-0.1, -0.05) is 30.3 Å². The minimum Gasteiger partial charge on any atom is -0.342 e. The summed E-state index contributed by atoms with van der Waals surface area (Å²) in [6.07, 6.45) is 5.66. The molecule has 1 N–H and O–H groups in total. The van der Waals surface area contributed by atoms with Crippen molar-refractivity contribution >= 4 is 11.9 Å². The molecule has 3 heterocycles. The molecule has 0 saturated carbocycles. The molecule has 1 aromatic rings. The number of nitrogens with one attached hydrogen (secondary N) is 1. The van der Waals surface area contributed by atoms with E-state index in [1.165, 1.54) is 5.56 Å². The standard InChI is InChI=1S/C23H34N4O2/c1-25-17-11-23(21(28)26-14-5-6-15-26)12-18-27(16-10-20(23)25)22(29)24-13-9-19-7-3-2-4-8-19/h2-4,7-8,20H,5-6,9-18H2,1H3,(H,24,29)/t20-,23-/m0/s1. The summed E-state index contributed by atoms with van der Waals surface area (Å²) in [5.74, 6) is 0.343. The van der Waals surface area contributed by atoms with Crippen LogP contribution in [0.5, 0.6) is 0 Å². The maximum atomic E-state index is 13.5.